The van der Waals surface area contributed by atoms with Crippen molar-refractivity contribution in [1.82, 2.24) is 19.1 Å². The summed E-state index contributed by atoms with van der Waals surface area (Å²) in [4.78, 5) is 37.3. The van der Waals surface area contributed by atoms with Gasteiger partial charge in [0.25, 0.3) is 11.1 Å². The van der Waals surface area contributed by atoms with Crippen molar-refractivity contribution >= 4 is 43.1 Å². The van der Waals surface area contributed by atoms with Gasteiger partial charge in [-0.3, -0.25) is 18.7 Å². The maximum absolute atomic E-state index is 13.4. The number of thiophene rings is 2. The van der Waals surface area contributed by atoms with Crippen LogP contribution in [-0.2, 0) is 13.1 Å². The number of hydrogen-bond donors (Lipinski definition) is 0. The van der Waals surface area contributed by atoms with Crippen LogP contribution in [0.2, 0.25) is 0 Å². The summed E-state index contributed by atoms with van der Waals surface area (Å²) in [7, 11) is 0. The molecule has 0 fully saturated rings. The van der Waals surface area contributed by atoms with E-state index in [0.29, 0.717) is 33.5 Å². The van der Waals surface area contributed by atoms with Crippen molar-refractivity contribution in [2.45, 2.75) is 26.9 Å². The van der Waals surface area contributed by atoms with Crippen molar-refractivity contribution in [3.63, 3.8) is 0 Å². The largest absolute Gasteiger partial charge is 0.297 e. The third kappa shape index (κ3) is 3.88. The van der Waals surface area contributed by atoms with Crippen LogP contribution in [0, 0.1) is 13.8 Å². The Morgan fingerprint density at radius 3 is 1.42 bits per heavy atom. The lowest BCUT2D eigenvalue weighted by Crippen LogP contribution is -2.27. The quantitative estimate of drug-likeness (QED) is 0.290. The molecule has 4 aromatic heterocycles. The second-order valence-electron chi connectivity index (χ2n) is 8.88. The smallest absolute Gasteiger partial charge is 0.262 e. The number of fused-ring (bicyclic) bond motifs is 2. The first-order valence-corrected chi connectivity index (χ1v) is 13.3. The van der Waals surface area contributed by atoms with Gasteiger partial charge in [0.1, 0.15) is 9.66 Å². The van der Waals surface area contributed by atoms with E-state index in [1.54, 1.807) is 21.8 Å². The highest BCUT2D eigenvalue weighted by Gasteiger charge is 2.15. The minimum Gasteiger partial charge on any atom is -0.297 e. The van der Waals surface area contributed by atoms with E-state index in [-0.39, 0.29) is 11.1 Å². The molecule has 0 unspecified atom stereocenters. The molecule has 0 saturated heterocycles. The lowest BCUT2D eigenvalue weighted by atomic mass is 10.1. The average molecular weight is 511 g/mol. The molecule has 0 N–H and O–H groups in total. The summed E-state index contributed by atoms with van der Waals surface area (Å²) in [6, 6.07) is 16.3. The fraction of sp³-hybridized carbons (Fsp3) is 0.143. The van der Waals surface area contributed by atoms with Gasteiger partial charge in [0.05, 0.1) is 23.4 Å². The minimum atomic E-state index is -0.102. The van der Waals surface area contributed by atoms with Crippen LogP contribution in [0.1, 0.15) is 11.1 Å². The molecule has 0 aliphatic heterocycles. The predicted molar refractivity (Wildman–Crippen MR) is 148 cm³/mol. The number of benzene rings is 2. The van der Waals surface area contributed by atoms with Crippen molar-refractivity contribution in [2.24, 2.45) is 0 Å². The first-order valence-electron chi connectivity index (χ1n) is 11.6. The molecule has 8 heteroatoms. The molecule has 6 rings (SSSR count). The van der Waals surface area contributed by atoms with E-state index >= 15 is 0 Å². The molecule has 0 atom stereocenters. The molecule has 6 nitrogen and oxygen atoms in total. The van der Waals surface area contributed by atoms with Crippen molar-refractivity contribution in [3.05, 3.63) is 104 Å². The summed E-state index contributed by atoms with van der Waals surface area (Å²) in [6.45, 7) is 4.72. The topological polar surface area (TPSA) is 69.8 Å². The maximum Gasteiger partial charge on any atom is 0.262 e. The molecule has 178 valence electrons. The van der Waals surface area contributed by atoms with Gasteiger partial charge in [0, 0.05) is 35.0 Å². The summed E-state index contributed by atoms with van der Waals surface area (Å²) >= 11 is 2.93. The van der Waals surface area contributed by atoms with Crippen molar-refractivity contribution < 1.29 is 0 Å². The Morgan fingerprint density at radius 2 is 1.03 bits per heavy atom. The highest BCUT2D eigenvalue weighted by Crippen LogP contribution is 2.32. The maximum atomic E-state index is 13.4. The molecule has 0 aliphatic rings. The minimum absolute atomic E-state index is 0.102. The van der Waals surface area contributed by atoms with E-state index in [9.17, 15) is 9.59 Å². The van der Waals surface area contributed by atoms with Crippen LogP contribution in [0.25, 0.3) is 42.7 Å². The van der Waals surface area contributed by atoms with Crippen LogP contribution in [0.5, 0.6) is 0 Å². The highest BCUT2D eigenvalue weighted by molar-refractivity contribution is 7.17. The van der Waals surface area contributed by atoms with Gasteiger partial charge >= 0.3 is 0 Å². The second kappa shape index (κ2) is 8.96. The summed E-state index contributed by atoms with van der Waals surface area (Å²) < 4.78 is 3.16. The van der Waals surface area contributed by atoms with Gasteiger partial charge in [-0.25, -0.2) is 9.97 Å². The third-order valence-corrected chi connectivity index (χ3v) is 8.20. The van der Waals surface area contributed by atoms with E-state index < -0.39 is 0 Å². The van der Waals surface area contributed by atoms with Gasteiger partial charge in [-0.05, 0) is 25.0 Å². The molecule has 0 amide bonds. The van der Waals surface area contributed by atoms with E-state index in [0.717, 1.165) is 22.3 Å². The van der Waals surface area contributed by atoms with Crippen LogP contribution in [0.4, 0.5) is 0 Å². The number of nitrogens with zero attached hydrogens (tertiary/aromatic N) is 4. The zero-order valence-corrected chi connectivity index (χ0v) is 21.4. The molecular weight excluding hydrogens is 488 g/mol. The predicted octanol–water partition coefficient (Wildman–Crippen LogP) is 5.88. The summed E-state index contributed by atoms with van der Waals surface area (Å²) in [5.41, 5.74) is 5.91. The van der Waals surface area contributed by atoms with E-state index in [4.69, 9.17) is 0 Å². The second-order valence-corrected chi connectivity index (χ2v) is 10.6. The zero-order valence-electron chi connectivity index (χ0n) is 19.8. The number of aromatic nitrogens is 4. The monoisotopic (exact) mass is 510 g/mol. The lowest BCUT2D eigenvalue weighted by molar-refractivity contribution is 0.547. The van der Waals surface area contributed by atoms with Gasteiger partial charge in [-0.1, -0.05) is 59.7 Å². The number of aryl methyl sites for hydroxylation is 4. The Kier molecular flexibility index (Phi) is 5.62. The van der Waals surface area contributed by atoms with Gasteiger partial charge < -0.3 is 0 Å². The first-order chi connectivity index (χ1) is 17.5. The number of rotatable bonds is 5. The molecule has 0 aliphatic carbocycles. The molecule has 36 heavy (non-hydrogen) atoms. The normalized spacial score (nSPS) is 11.5. The number of hydrogen-bond acceptors (Lipinski definition) is 6. The first kappa shape index (κ1) is 22.6. The molecule has 0 spiro atoms. The third-order valence-electron chi connectivity index (χ3n) is 6.43. The molecular formula is C28H22N4O2S2. The summed E-state index contributed by atoms with van der Waals surface area (Å²) in [6.07, 6.45) is 3.14. The van der Waals surface area contributed by atoms with Gasteiger partial charge in [-0.15, -0.1) is 22.7 Å². The van der Waals surface area contributed by atoms with Crippen molar-refractivity contribution in [2.75, 3.05) is 0 Å². The molecule has 6 aromatic rings. The van der Waals surface area contributed by atoms with Crippen molar-refractivity contribution in [3.8, 4) is 22.3 Å². The van der Waals surface area contributed by atoms with E-state index in [2.05, 4.69) is 9.97 Å². The Balaban J connectivity index is 1.35. The Morgan fingerprint density at radius 1 is 0.639 bits per heavy atom. The van der Waals surface area contributed by atoms with Crippen LogP contribution in [0.15, 0.2) is 81.5 Å². The SMILES string of the molecule is Cc1ccc(-c2csc3ncn(CCn4cnc5scc(-c6ccc(C)cc6)c5c4=O)c(=O)c23)cc1. The van der Waals surface area contributed by atoms with E-state index in [1.165, 1.54) is 33.8 Å². The fourth-order valence-electron chi connectivity index (χ4n) is 4.36. The highest BCUT2D eigenvalue weighted by atomic mass is 32.1. The molecule has 0 bridgehead atoms. The van der Waals surface area contributed by atoms with Crippen LogP contribution >= 0.6 is 22.7 Å². The Bertz CT molecular complexity index is 1700. The van der Waals surface area contributed by atoms with Crippen LogP contribution in [0.3, 0.4) is 0 Å². The van der Waals surface area contributed by atoms with Crippen LogP contribution < -0.4 is 11.1 Å². The fourth-order valence-corrected chi connectivity index (χ4v) is 6.17. The Hall–Kier alpha value is -3.88. The van der Waals surface area contributed by atoms with E-state index in [1.807, 2.05) is 73.1 Å². The zero-order chi connectivity index (χ0) is 24.8. The average Bonchev–Trinajstić information content (AvgIpc) is 3.51. The van der Waals surface area contributed by atoms with Gasteiger partial charge in [0.15, 0.2) is 0 Å². The van der Waals surface area contributed by atoms with Gasteiger partial charge in [0.2, 0.25) is 0 Å². The van der Waals surface area contributed by atoms with Crippen LogP contribution in [-0.4, -0.2) is 19.1 Å². The molecule has 2 aromatic carbocycles. The molecule has 4 heterocycles. The Labute approximate surface area is 214 Å². The summed E-state index contributed by atoms with van der Waals surface area (Å²) in [5.74, 6) is 0. The lowest BCUT2D eigenvalue weighted by Gasteiger charge is -2.09. The molecule has 0 saturated carbocycles. The van der Waals surface area contributed by atoms with Crippen molar-refractivity contribution in [1.29, 1.82) is 0 Å². The molecule has 0 radical (unpaired) electrons. The summed E-state index contributed by atoms with van der Waals surface area (Å²) in [5, 5.41) is 5.21. The van der Waals surface area contributed by atoms with Gasteiger partial charge in [-0.2, -0.15) is 0 Å². The standard InChI is InChI=1S/C28H22N4O2S2/c1-17-3-7-19(8-4-17)21-13-35-25-23(21)27(33)31(15-29-25)11-12-32-16-30-26-24(28(32)34)22(14-36-26)20-9-5-18(2)6-10-20/h3-10,13-16H,11-12H2,1-2H3.